The Morgan fingerprint density at radius 1 is 1.00 bits per heavy atom. The van der Waals surface area contributed by atoms with E-state index in [1.54, 1.807) is 4.90 Å². The molecule has 0 aliphatic carbocycles. The third-order valence-electron chi connectivity index (χ3n) is 6.93. The number of aromatic nitrogens is 2. The van der Waals surface area contributed by atoms with Gasteiger partial charge in [0.05, 0.1) is 6.54 Å². The van der Waals surface area contributed by atoms with E-state index in [1.807, 2.05) is 32.9 Å². The zero-order chi connectivity index (χ0) is 27.4. The maximum Gasteiger partial charge on any atom is 0.410 e. The fourth-order valence-electron chi connectivity index (χ4n) is 4.69. The summed E-state index contributed by atoms with van der Waals surface area (Å²) >= 11 is 0. The van der Waals surface area contributed by atoms with Gasteiger partial charge in [0.25, 0.3) is 0 Å². The number of carbonyl (C=O) groups is 2. The second kappa shape index (κ2) is 14.9. The molecule has 210 valence electrons. The molecule has 8 nitrogen and oxygen atoms in total. The Hall–Kier alpha value is -2.90. The SMILES string of the molecule is CCCCCCCCCCc1ccc(-c2noc(CNC(=O)C3CCN(C(=O)OC(C)(C)C)CC3)n2)cc1. The quantitative estimate of drug-likeness (QED) is 0.292. The molecule has 1 fully saturated rings. The maximum absolute atomic E-state index is 12.6. The molecule has 0 atom stereocenters. The van der Waals surface area contributed by atoms with E-state index >= 15 is 0 Å². The maximum atomic E-state index is 12.6. The van der Waals surface area contributed by atoms with Crippen molar-refractivity contribution in [2.24, 2.45) is 5.92 Å². The fraction of sp³-hybridized carbons (Fsp3) is 0.667. The number of carbonyl (C=O) groups excluding carboxylic acids is 2. The van der Waals surface area contributed by atoms with Crippen LogP contribution in [0.2, 0.25) is 0 Å². The van der Waals surface area contributed by atoms with Crippen LogP contribution in [-0.2, 0) is 22.5 Å². The van der Waals surface area contributed by atoms with Gasteiger partial charge >= 0.3 is 6.09 Å². The summed E-state index contributed by atoms with van der Waals surface area (Å²) in [6.07, 6.45) is 12.6. The molecule has 2 aromatic rings. The largest absolute Gasteiger partial charge is 0.444 e. The predicted molar refractivity (Wildman–Crippen MR) is 148 cm³/mol. The second-order valence-corrected chi connectivity index (χ2v) is 11.4. The minimum Gasteiger partial charge on any atom is -0.444 e. The number of rotatable bonds is 13. The molecule has 0 unspecified atom stereocenters. The first-order valence-electron chi connectivity index (χ1n) is 14.4. The van der Waals surface area contributed by atoms with E-state index in [4.69, 9.17) is 9.26 Å². The molecule has 0 spiro atoms. The molecular formula is C30H46N4O4. The van der Waals surface area contributed by atoms with Crippen molar-refractivity contribution in [1.29, 1.82) is 0 Å². The summed E-state index contributed by atoms with van der Waals surface area (Å²) in [5, 5.41) is 6.99. The van der Waals surface area contributed by atoms with Crippen molar-refractivity contribution < 1.29 is 18.8 Å². The number of amides is 2. The Labute approximate surface area is 227 Å². The number of hydrogen-bond donors (Lipinski definition) is 1. The van der Waals surface area contributed by atoms with Crippen molar-refractivity contribution >= 4 is 12.0 Å². The van der Waals surface area contributed by atoms with Gasteiger partial charge in [-0.2, -0.15) is 4.98 Å². The molecule has 1 aromatic heterocycles. The van der Waals surface area contributed by atoms with Gasteiger partial charge in [0, 0.05) is 24.6 Å². The highest BCUT2D eigenvalue weighted by Crippen LogP contribution is 2.21. The summed E-state index contributed by atoms with van der Waals surface area (Å²) in [5.41, 5.74) is 1.71. The molecule has 1 saturated heterocycles. The Bertz CT molecular complexity index is 988. The van der Waals surface area contributed by atoms with Gasteiger partial charge in [0.2, 0.25) is 17.6 Å². The van der Waals surface area contributed by atoms with Crippen LogP contribution in [-0.4, -0.2) is 45.7 Å². The number of likely N-dealkylation sites (tertiary alicyclic amines) is 1. The van der Waals surface area contributed by atoms with Crippen LogP contribution in [0.5, 0.6) is 0 Å². The van der Waals surface area contributed by atoms with Gasteiger partial charge in [-0.05, 0) is 52.0 Å². The lowest BCUT2D eigenvalue weighted by atomic mass is 9.96. The molecule has 8 heteroatoms. The van der Waals surface area contributed by atoms with Crippen LogP contribution in [0.1, 0.15) is 103 Å². The van der Waals surface area contributed by atoms with Crippen molar-refractivity contribution in [2.75, 3.05) is 13.1 Å². The summed E-state index contributed by atoms with van der Waals surface area (Å²) < 4.78 is 10.8. The number of unbranched alkanes of at least 4 members (excludes halogenated alkanes) is 7. The molecule has 2 heterocycles. The number of hydrogen-bond acceptors (Lipinski definition) is 6. The Kier molecular flexibility index (Phi) is 11.6. The number of nitrogens with one attached hydrogen (secondary N) is 1. The van der Waals surface area contributed by atoms with Crippen molar-refractivity contribution in [3.8, 4) is 11.4 Å². The number of benzene rings is 1. The highest BCUT2D eigenvalue weighted by molar-refractivity contribution is 5.79. The van der Waals surface area contributed by atoms with Crippen LogP contribution in [0.3, 0.4) is 0 Å². The Morgan fingerprint density at radius 2 is 1.63 bits per heavy atom. The normalized spacial score (nSPS) is 14.5. The molecule has 1 aliphatic heterocycles. The molecule has 0 radical (unpaired) electrons. The van der Waals surface area contributed by atoms with E-state index in [0.717, 1.165) is 12.0 Å². The Balaban J connectivity index is 1.36. The van der Waals surface area contributed by atoms with Crippen LogP contribution >= 0.6 is 0 Å². The van der Waals surface area contributed by atoms with E-state index in [1.165, 1.54) is 56.9 Å². The van der Waals surface area contributed by atoms with Gasteiger partial charge < -0.3 is 19.5 Å². The van der Waals surface area contributed by atoms with Crippen LogP contribution in [0.25, 0.3) is 11.4 Å². The second-order valence-electron chi connectivity index (χ2n) is 11.4. The minimum atomic E-state index is -0.525. The van der Waals surface area contributed by atoms with Crippen molar-refractivity contribution in [1.82, 2.24) is 20.4 Å². The van der Waals surface area contributed by atoms with E-state index < -0.39 is 5.60 Å². The number of piperidine rings is 1. The number of nitrogens with zero attached hydrogens (tertiary/aromatic N) is 3. The van der Waals surface area contributed by atoms with Crippen LogP contribution in [0.15, 0.2) is 28.8 Å². The Morgan fingerprint density at radius 3 is 2.26 bits per heavy atom. The van der Waals surface area contributed by atoms with E-state index in [0.29, 0.717) is 37.6 Å². The minimum absolute atomic E-state index is 0.0566. The zero-order valence-electron chi connectivity index (χ0n) is 23.8. The molecule has 1 N–H and O–H groups in total. The summed E-state index contributed by atoms with van der Waals surface area (Å²) in [4.78, 5) is 31.0. The van der Waals surface area contributed by atoms with Gasteiger partial charge in [0.15, 0.2) is 0 Å². The first kappa shape index (κ1) is 29.7. The lowest BCUT2D eigenvalue weighted by molar-refractivity contribution is -0.126. The molecule has 2 amide bonds. The average molecular weight is 527 g/mol. The first-order chi connectivity index (χ1) is 18.2. The number of aryl methyl sites for hydroxylation is 1. The smallest absolute Gasteiger partial charge is 0.410 e. The van der Waals surface area contributed by atoms with E-state index in [-0.39, 0.29) is 24.5 Å². The standard InChI is InChI=1S/C30H46N4O4/c1-5-6-7-8-9-10-11-12-13-23-14-16-24(17-15-23)27-32-26(38-33-27)22-31-28(35)25-18-20-34(21-19-25)29(36)37-30(2,3)4/h14-17,25H,5-13,18-22H2,1-4H3,(H,31,35). The van der Waals surface area contributed by atoms with Crippen molar-refractivity contribution in [2.45, 2.75) is 110 Å². The molecule has 38 heavy (non-hydrogen) atoms. The van der Waals surface area contributed by atoms with Crippen LogP contribution < -0.4 is 5.32 Å². The van der Waals surface area contributed by atoms with Gasteiger partial charge in [0.1, 0.15) is 5.60 Å². The molecule has 0 bridgehead atoms. The highest BCUT2D eigenvalue weighted by Gasteiger charge is 2.30. The average Bonchev–Trinajstić information content (AvgIpc) is 3.37. The molecule has 1 aromatic carbocycles. The molecule has 0 saturated carbocycles. The topological polar surface area (TPSA) is 97.6 Å². The van der Waals surface area contributed by atoms with E-state index in [2.05, 4.69) is 34.5 Å². The summed E-state index contributed by atoms with van der Waals surface area (Å²) in [5.74, 6) is 0.699. The van der Waals surface area contributed by atoms with Gasteiger partial charge in [-0.15, -0.1) is 0 Å². The third-order valence-corrected chi connectivity index (χ3v) is 6.93. The summed E-state index contributed by atoms with van der Waals surface area (Å²) in [6.45, 7) is 9.01. The summed E-state index contributed by atoms with van der Waals surface area (Å²) in [6, 6.07) is 8.34. The van der Waals surface area contributed by atoms with Gasteiger partial charge in [-0.25, -0.2) is 4.79 Å². The lowest BCUT2D eigenvalue weighted by Gasteiger charge is -2.32. The lowest BCUT2D eigenvalue weighted by Crippen LogP contribution is -2.44. The number of ether oxygens (including phenoxy) is 1. The first-order valence-corrected chi connectivity index (χ1v) is 14.4. The van der Waals surface area contributed by atoms with Crippen LogP contribution in [0, 0.1) is 5.92 Å². The molecule has 1 aliphatic rings. The van der Waals surface area contributed by atoms with Crippen molar-refractivity contribution in [3.63, 3.8) is 0 Å². The monoisotopic (exact) mass is 526 g/mol. The zero-order valence-corrected chi connectivity index (χ0v) is 23.8. The van der Waals surface area contributed by atoms with Gasteiger partial charge in [-0.3, -0.25) is 4.79 Å². The molecule has 3 rings (SSSR count). The van der Waals surface area contributed by atoms with Gasteiger partial charge in [-0.1, -0.05) is 81.3 Å². The third kappa shape index (κ3) is 10.1. The van der Waals surface area contributed by atoms with Crippen LogP contribution in [0.4, 0.5) is 4.79 Å². The fourth-order valence-corrected chi connectivity index (χ4v) is 4.69. The summed E-state index contributed by atoms with van der Waals surface area (Å²) in [7, 11) is 0. The van der Waals surface area contributed by atoms with E-state index in [9.17, 15) is 9.59 Å². The predicted octanol–water partition coefficient (Wildman–Crippen LogP) is 6.68. The highest BCUT2D eigenvalue weighted by atomic mass is 16.6. The van der Waals surface area contributed by atoms with Crippen molar-refractivity contribution in [3.05, 3.63) is 35.7 Å². The molecular weight excluding hydrogens is 480 g/mol.